The summed E-state index contributed by atoms with van der Waals surface area (Å²) in [5.41, 5.74) is 0.214. The minimum Gasteiger partial charge on any atom is -0.469 e. The summed E-state index contributed by atoms with van der Waals surface area (Å²) in [4.78, 5) is 22.8. The third-order valence-electron chi connectivity index (χ3n) is 2.33. The van der Waals surface area contributed by atoms with Crippen molar-refractivity contribution in [1.82, 2.24) is 10.5 Å². The highest BCUT2D eigenvalue weighted by atomic mass is 16.5. The lowest BCUT2D eigenvalue weighted by molar-refractivity contribution is -0.141. The zero-order chi connectivity index (χ0) is 12.8. The minimum absolute atomic E-state index is 0.148. The first kappa shape index (κ1) is 13.2. The van der Waals surface area contributed by atoms with Gasteiger partial charge in [-0.2, -0.15) is 0 Å². The van der Waals surface area contributed by atoms with Gasteiger partial charge in [-0.25, -0.2) is 0 Å². The first-order chi connectivity index (χ1) is 8.06. The number of nitrogens with zero attached hydrogens (tertiary/aromatic N) is 1. The lowest BCUT2D eigenvalue weighted by Gasteiger charge is -2.14. The number of methoxy groups -OCH3 is 1. The van der Waals surface area contributed by atoms with Crippen LogP contribution in [0.2, 0.25) is 0 Å². The van der Waals surface area contributed by atoms with E-state index < -0.39 is 0 Å². The summed E-state index contributed by atoms with van der Waals surface area (Å²) in [6, 6.07) is 1.28. The molecule has 0 aromatic carbocycles. The summed E-state index contributed by atoms with van der Waals surface area (Å²) < 4.78 is 9.35. The summed E-state index contributed by atoms with van der Waals surface area (Å²) in [6.07, 6.45) is 0.785. The predicted octanol–water partition coefficient (Wildman–Crippen LogP) is 1.05. The fourth-order valence-electron chi connectivity index (χ4n) is 1.31. The van der Waals surface area contributed by atoms with Crippen molar-refractivity contribution in [2.24, 2.45) is 0 Å². The normalized spacial score (nSPS) is 11.9. The molecule has 1 rings (SSSR count). The van der Waals surface area contributed by atoms with Crippen LogP contribution in [0.4, 0.5) is 0 Å². The molecule has 0 bridgehead atoms. The van der Waals surface area contributed by atoms with Gasteiger partial charge in [0.15, 0.2) is 5.69 Å². The fourth-order valence-corrected chi connectivity index (χ4v) is 1.31. The number of hydrogen-bond donors (Lipinski definition) is 1. The van der Waals surface area contributed by atoms with Crippen LogP contribution in [0.5, 0.6) is 0 Å². The van der Waals surface area contributed by atoms with Gasteiger partial charge < -0.3 is 14.6 Å². The number of aromatic nitrogens is 1. The van der Waals surface area contributed by atoms with Crippen LogP contribution in [0, 0.1) is 6.92 Å². The quantitative estimate of drug-likeness (QED) is 0.778. The largest absolute Gasteiger partial charge is 0.469 e. The topological polar surface area (TPSA) is 81.4 Å². The second kappa shape index (κ2) is 6.03. The summed E-state index contributed by atoms with van der Waals surface area (Å²) in [7, 11) is 1.32. The Kier molecular flexibility index (Phi) is 4.68. The van der Waals surface area contributed by atoms with Gasteiger partial charge in [-0.1, -0.05) is 12.1 Å². The number of hydrogen-bond acceptors (Lipinski definition) is 5. The molecule has 1 atom stereocenters. The zero-order valence-electron chi connectivity index (χ0n) is 10.1. The highest BCUT2D eigenvalue weighted by Crippen LogP contribution is 2.04. The first-order valence-electron chi connectivity index (χ1n) is 5.37. The van der Waals surface area contributed by atoms with Crippen molar-refractivity contribution in [2.45, 2.75) is 32.7 Å². The van der Waals surface area contributed by atoms with Gasteiger partial charge in [0.05, 0.1) is 13.5 Å². The molecule has 0 fully saturated rings. The maximum absolute atomic E-state index is 11.7. The Labute approximate surface area is 99.3 Å². The number of esters is 1. The lowest BCUT2D eigenvalue weighted by atomic mass is 10.1. The lowest BCUT2D eigenvalue weighted by Crippen LogP contribution is -2.36. The SMILES string of the molecule is CCC(CC(=O)OC)NC(=O)c1cc(C)on1. The van der Waals surface area contributed by atoms with Gasteiger partial charge in [0, 0.05) is 12.1 Å². The maximum Gasteiger partial charge on any atom is 0.307 e. The molecule has 0 aliphatic rings. The van der Waals surface area contributed by atoms with Crippen LogP contribution >= 0.6 is 0 Å². The average molecular weight is 240 g/mol. The molecule has 1 amide bonds. The molecule has 1 unspecified atom stereocenters. The molecule has 0 saturated heterocycles. The summed E-state index contributed by atoms with van der Waals surface area (Å²) in [5, 5.41) is 6.30. The molecule has 17 heavy (non-hydrogen) atoms. The van der Waals surface area contributed by atoms with E-state index in [0.29, 0.717) is 12.2 Å². The number of nitrogens with one attached hydrogen (secondary N) is 1. The van der Waals surface area contributed by atoms with E-state index in [1.54, 1.807) is 13.0 Å². The molecular formula is C11H16N2O4. The molecule has 1 aromatic heterocycles. The van der Waals surface area contributed by atoms with Crippen LogP contribution in [0.3, 0.4) is 0 Å². The van der Waals surface area contributed by atoms with Crippen molar-refractivity contribution >= 4 is 11.9 Å². The van der Waals surface area contributed by atoms with Gasteiger partial charge in [-0.15, -0.1) is 0 Å². The van der Waals surface area contributed by atoms with E-state index in [-0.39, 0.29) is 30.0 Å². The van der Waals surface area contributed by atoms with Crippen molar-refractivity contribution in [3.05, 3.63) is 17.5 Å². The van der Waals surface area contributed by atoms with E-state index in [9.17, 15) is 9.59 Å². The minimum atomic E-state index is -0.353. The Morgan fingerprint density at radius 2 is 2.29 bits per heavy atom. The third kappa shape index (κ3) is 3.90. The van der Waals surface area contributed by atoms with Crippen molar-refractivity contribution in [3.63, 3.8) is 0 Å². The second-order valence-corrected chi connectivity index (χ2v) is 3.68. The van der Waals surface area contributed by atoms with Crippen LogP contribution in [-0.2, 0) is 9.53 Å². The van der Waals surface area contributed by atoms with Gasteiger partial charge in [-0.05, 0) is 13.3 Å². The summed E-state index contributed by atoms with van der Waals surface area (Å²) in [6.45, 7) is 3.58. The zero-order valence-corrected chi connectivity index (χ0v) is 10.1. The number of amides is 1. The molecule has 1 N–H and O–H groups in total. The maximum atomic E-state index is 11.7. The number of carbonyl (C=O) groups excluding carboxylic acids is 2. The van der Waals surface area contributed by atoms with Crippen LogP contribution in [0.15, 0.2) is 10.6 Å². The molecule has 1 heterocycles. The van der Waals surface area contributed by atoms with E-state index >= 15 is 0 Å². The Morgan fingerprint density at radius 1 is 1.59 bits per heavy atom. The molecule has 6 heteroatoms. The van der Waals surface area contributed by atoms with E-state index in [1.165, 1.54) is 7.11 Å². The van der Waals surface area contributed by atoms with Crippen LogP contribution in [0.1, 0.15) is 36.0 Å². The van der Waals surface area contributed by atoms with Crippen molar-refractivity contribution in [1.29, 1.82) is 0 Å². The number of ether oxygens (including phenoxy) is 1. The molecule has 0 aliphatic heterocycles. The smallest absolute Gasteiger partial charge is 0.307 e. The Bertz CT molecular complexity index is 400. The second-order valence-electron chi connectivity index (χ2n) is 3.68. The molecule has 0 aliphatic carbocycles. The number of rotatable bonds is 5. The third-order valence-corrected chi connectivity index (χ3v) is 2.33. The molecule has 0 radical (unpaired) electrons. The van der Waals surface area contributed by atoms with Crippen LogP contribution < -0.4 is 5.32 Å². The number of carbonyl (C=O) groups is 2. The van der Waals surface area contributed by atoms with Crippen LogP contribution in [0.25, 0.3) is 0 Å². The Morgan fingerprint density at radius 3 is 2.76 bits per heavy atom. The van der Waals surface area contributed by atoms with E-state index in [0.717, 1.165) is 0 Å². The molecule has 94 valence electrons. The summed E-state index contributed by atoms with van der Waals surface area (Å²) >= 11 is 0. The average Bonchev–Trinajstić information content (AvgIpc) is 2.74. The van der Waals surface area contributed by atoms with E-state index in [1.807, 2.05) is 6.92 Å². The van der Waals surface area contributed by atoms with Gasteiger partial charge in [0.2, 0.25) is 0 Å². The van der Waals surface area contributed by atoms with Gasteiger partial charge in [0.25, 0.3) is 5.91 Å². The number of aryl methyl sites for hydroxylation is 1. The first-order valence-corrected chi connectivity index (χ1v) is 5.37. The monoisotopic (exact) mass is 240 g/mol. The molecule has 1 aromatic rings. The van der Waals surface area contributed by atoms with Crippen molar-refractivity contribution < 1.29 is 18.8 Å². The molecule has 0 spiro atoms. The Balaban J connectivity index is 2.56. The predicted molar refractivity (Wildman–Crippen MR) is 59.4 cm³/mol. The van der Waals surface area contributed by atoms with E-state index in [4.69, 9.17) is 4.52 Å². The standard InChI is InChI=1S/C11H16N2O4/c1-4-8(6-10(14)16-3)12-11(15)9-5-7(2)17-13-9/h5,8H,4,6H2,1-3H3,(H,12,15). The van der Waals surface area contributed by atoms with Crippen molar-refractivity contribution in [2.75, 3.05) is 7.11 Å². The van der Waals surface area contributed by atoms with Gasteiger partial charge >= 0.3 is 5.97 Å². The molecule has 0 saturated carbocycles. The van der Waals surface area contributed by atoms with Crippen molar-refractivity contribution in [3.8, 4) is 0 Å². The van der Waals surface area contributed by atoms with Crippen LogP contribution in [-0.4, -0.2) is 30.2 Å². The highest BCUT2D eigenvalue weighted by Gasteiger charge is 2.18. The Hall–Kier alpha value is -1.85. The van der Waals surface area contributed by atoms with Gasteiger partial charge in [-0.3, -0.25) is 9.59 Å². The van der Waals surface area contributed by atoms with E-state index in [2.05, 4.69) is 15.2 Å². The summed E-state index contributed by atoms with van der Waals surface area (Å²) in [5.74, 6) is -0.137. The molecular weight excluding hydrogens is 224 g/mol. The van der Waals surface area contributed by atoms with Gasteiger partial charge in [0.1, 0.15) is 5.76 Å². The fraction of sp³-hybridized carbons (Fsp3) is 0.545. The highest BCUT2D eigenvalue weighted by molar-refractivity contribution is 5.92. The molecule has 6 nitrogen and oxygen atoms in total.